The molecule has 2 aromatic carbocycles. The fraction of sp³-hybridized carbons (Fsp3) is 0.188. The van der Waals surface area contributed by atoms with Gasteiger partial charge in [0.15, 0.2) is 5.78 Å². The number of hydrogen-bond donors (Lipinski definition) is 1. The van der Waals surface area contributed by atoms with Gasteiger partial charge in [-0.25, -0.2) is 8.78 Å². The molecule has 0 saturated heterocycles. The van der Waals surface area contributed by atoms with Crippen LogP contribution in [0, 0.1) is 11.6 Å². The van der Waals surface area contributed by atoms with E-state index in [1.807, 2.05) is 0 Å². The monoisotopic (exact) mass is 291 g/mol. The number of likely N-dealkylation sites (N-methyl/N-ethyl adjacent to an activating group) is 1. The molecule has 0 heterocycles. The molecule has 0 bridgehead atoms. The minimum absolute atomic E-state index is 0.0222. The zero-order chi connectivity index (χ0) is 15.4. The predicted molar refractivity (Wildman–Crippen MR) is 75.1 cm³/mol. The third kappa shape index (κ3) is 4.10. The highest BCUT2D eigenvalue weighted by molar-refractivity contribution is 5.99. The second-order valence-corrected chi connectivity index (χ2v) is 4.88. The summed E-state index contributed by atoms with van der Waals surface area (Å²) < 4.78 is 25.9. The second kappa shape index (κ2) is 6.45. The molecular weight excluding hydrogens is 276 g/mol. The van der Waals surface area contributed by atoms with Crippen molar-refractivity contribution in [2.24, 2.45) is 0 Å². The number of nitrogens with zero attached hydrogens (tertiary/aromatic N) is 1. The molecule has 110 valence electrons. The molecule has 0 aromatic heterocycles. The van der Waals surface area contributed by atoms with E-state index in [0.29, 0.717) is 6.54 Å². The van der Waals surface area contributed by atoms with Gasteiger partial charge in [0.25, 0.3) is 0 Å². The Morgan fingerprint density at radius 2 is 1.71 bits per heavy atom. The number of phenols is 1. The second-order valence-electron chi connectivity index (χ2n) is 4.88. The molecule has 0 amide bonds. The van der Waals surface area contributed by atoms with Crippen LogP contribution in [0.3, 0.4) is 0 Å². The molecule has 1 N–H and O–H groups in total. The molecule has 2 rings (SSSR count). The summed E-state index contributed by atoms with van der Waals surface area (Å²) >= 11 is 0. The van der Waals surface area contributed by atoms with Crippen molar-refractivity contribution in [1.82, 2.24) is 4.90 Å². The van der Waals surface area contributed by atoms with E-state index in [2.05, 4.69) is 0 Å². The lowest BCUT2D eigenvalue weighted by atomic mass is 10.1. The van der Waals surface area contributed by atoms with Crippen molar-refractivity contribution in [3.8, 4) is 5.75 Å². The number of aromatic hydroxyl groups is 1. The van der Waals surface area contributed by atoms with Crippen LogP contribution in [0.5, 0.6) is 5.75 Å². The van der Waals surface area contributed by atoms with Crippen LogP contribution in [0.15, 0.2) is 42.5 Å². The molecule has 0 saturated carbocycles. The molecule has 0 atom stereocenters. The number of benzene rings is 2. The summed E-state index contributed by atoms with van der Waals surface area (Å²) in [6.07, 6.45) is 0. The molecule has 21 heavy (non-hydrogen) atoms. The van der Waals surface area contributed by atoms with E-state index in [-0.39, 0.29) is 29.5 Å². The molecule has 2 aromatic rings. The van der Waals surface area contributed by atoms with Crippen molar-refractivity contribution in [1.29, 1.82) is 0 Å². The van der Waals surface area contributed by atoms with E-state index in [1.54, 1.807) is 24.1 Å². The smallest absolute Gasteiger partial charge is 0.180 e. The maximum atomic E-state index is 13.1. The van der Waals surface area contributed by atoms with Gasteiger partial charge in [0.2, 0.25) is 0 Å². The van der Waals surface area contributed by atoms with Crippen LogP contribution in [-0.2, 0) is 6.54 Å². The van der Waals surface area contributed by atoms with E-state index in [1.165, 1.54) is 12.1 Å². The number of halogens is 2. The van der Waals surface area contributed by atoms with Crippen LogP contribution in [0.2, 0.25) is 0 Å². The summed E-state index contributed by atoms with van der Waals surface area (Å²) in [5, 5.41) is 9.59. The Kier molecular flexibility index (Phi) is 4.65. The fourth-order valence-corrected chi connectivity index (χ4v) is 2.02. The number of Topliss-reactive ketones (excluding diaryl/α,β-unsaturated/α-hetero) is 1. The van der Waals surface area contributed by atoms with Crippen LogP contribution in [0.4, 0.5) is 8.78 Å². The van der Waals surface area contributed by atoms with Crippen molar-refractivity contribution in [3.05, 3.63) is 65.2 Å². The lowest BCUT2D eigenvalue weighted by molar-refractivity contribution is 0.0940. The topological polar surface area (TPSA) is 40.5 Å². The van der Waals surface area contributed by atoms with Crippen LogP contribution in [-0.4, -0.2) is 29.4 Å². The Morgan fingerprint density at radius 1 is 1.10 bits per heavy atom. The Morgan fingerprint density at radius 3 is 2.38 bits per heavy atom. The van der Waals surface area contributed by atoms with Crippen molar-refractivity contribution in [3.63, 3.8) is 0 Å². The summed E-state index contributed by atoms with van der Waals surface area (Å²) in [6, 6.07) is 9.24. The summed E-state index contributed by atoms with van der Waals surface area (Å²) in [5.41, 5.74) is 0.816. The number of phenolic OH excluding ortho intramolecular Hbond substituents is 1. The molecule has 0 unspecified atom stereocenters. The van der Waals surface area contributed by atoms with Crippen molar-refractivity contribution in [2.75, 3.05) is 13.6 Å². The van der Waals surface area contributed by atoms with E-state index < -0.39 is 5.82 Å². The maximum Gasteiger partial charge on any atom is 0.180 e. The third-order valence-corrected chi connectivity index (χ3v) is 3.04. The zero-order valence-electron chi connectivity index (χ0n) is 11.5. The normalized spacial score (nSPS) is 10.9. The van der Waals surface area contributed by atoms with Crippen LogP contribution in [0.1, 0.15) is 15.9 Å². The average molecular weight is 291 g/mol. The Balaban J connectivity index is 2.01. The van der Waals surface area contributed by atoms with Crippen LogP contribution in [0.25, 0.3) is 0 Å². The standard InChI is InChI=1S/C16H15F2NO2/c1-19(9-11-2-4-12(17)5-3-11)10-16(21)14-8-13(18)6-7-15(14)20/h2-8,20H,9-10H2,1H3. The highest BCUT2D eigenvalue weighted by Gasteiger charge is 2.14. The van der Waals surface area contributed by atoms with E-state index in [4.69, 9.17) is 0 Å². The van der Waals surface area contributed by atoms with Gasteiger partial charge in [-0.05, 0) is 42.9 Å². The van der Waals surface area contributed by atoms with Crippen LogP contribution < -0.4 is 0 Å². The summed E-state index contributed by atoms with van der Waals surface area (Å²) in [4.78, 5) is 13.8. The minimum atomic E-state index is -0.572. The summed E-state index contributed by atoms with van der Waals surface area (Å²) in [7, 11) is 1.72. The largest absolute Gasteiger partial charge is 0.507 e. The van der Waals surface area contributed by atoms with Gasteiger partial charge in [-0.1, -0.05) is 12.1 Å². The molecular formula is C16H15F2NO2. The average Bonchev–Trinajstić information content (AvgIpc) is 2.44. The van der Waals surface area contributed by atoms with Gasteiger partial charge in [-0.3, -0.25) is 9.69 Å². The zero-order valence-corrected chi connectivity index (χ0v) is 11.5. The SMILES string of the molecule is CN(CC(=O)c1cc(F)ccc1O)Cc1ccc(F)cc1. The van der Waals surface area contributed by atoms with Gasteiger partial charge < -0.3 is 5.11 Å². The molecule has 0 aliphatic heterocycles. The number of carbonyl (C=O) groups excluding carboxylic acids is 1. The van der Waals surface area contributed by atoms with Gasteiger partial charge in [-0.2, -0.15) is 0 Å². The van der Waals surface area contributed by atoms with Gasteiger partial charge >= 0.3 is 0 Å². The van der Waals surface area contributed by atoms with Crippen LogP contribution >= 0.6 is 0 Å². The van der Waals surface area contributed by atoms with Crippen molar-refractivity contribution >= 4 is 5.78 Å². The molecule has 0 radical (unpaired) electrons. The van der Waals surface area contributed by atoms with E-state index >= 15 is 0 Å². The first-order chi connectivity index (χ1) is 9.95. The third-order valence-electron chi connectivity index (χ3n) is 3.04. The molecule has 5 heteroatoms. The predicted octanol–water partition coefficient (Wildman–Crippen LogP) is 2.99. The minimum Gasteiger partial charge on any atom is -0.507 e. The molecule has 0 fully saturated rings. The van der Waals surface area contributed by atoms with Gasteiger partial charge in [0, 0.05) is 6.54 Å². The maximum absolute atomic E-state index is 13.1. The van der Waals surface area contributed by atoms with Gasteiger partial charge in [0.05, 0.1) is 12.1 Å². The lowest BCUT2D eigenvalue weighted by Gasteiger charge is -2.16. The van der Waals surface area contributed by atoms with Crippen molar-refractivity contribution in [2.45, 2.75) is 6.54 Å². The Labute approximate surface area is 121 Å². The van der Waals surface area contributed by atoms with E-state index in [9.17, 15) is 18.7 Å². The van der Waals surface area contributed by atoms with Crippen molar-refractivity contribution < 1.29 is 18.7 Å². The Hall–Kier alpha value is -2.27. The molecule has 0 aliphatic rings. The number of carbonyl (C=O) groups is 1. The highest BCUT2D eigenvalue weighted by atomic mass is 19.1. The fourth-order valence-electron chi connectivity index (χ4n) is 2.02. The number of hydrogen-bond acceptors (Lipinski definition) is 3. The quantitative estimate of drug-likeness (QED) is 0.861. The molecule has 0 spiro atoms. The first kappa shape index (κ1) is 15.1. The number of ketones is 1. The van der Waals surface area contributed by atoms with Gasteiger partial charge in [-0.15, -0.1) is 0 Å². The number of rotatable bonds is 5. The lowest BCUT2D eigenvalue weighted by Crippen LogP contribution is -2.25. The summed E-state index contributed by atoms with van der Waals surface area (Å²) in [6.45, 7) is 0.469. The first-order valence-electron chi connectivity index (χ1n) is 6.40. The highest BCUT2D eigenvalue weighted by Crippen LogP contribution is 2.19. The summed E-state index contributed by atoms with van der Waals surface area (Å²) in [5.74, 6) is -1.51. The van der Waals surface area contributed by atoms with Gasteiger partial charge in [0.1, 0.15) is 17.4 Å². The van der Waals surface area contributed by atoms with E-state index in [0.717, 1.165) is 23.8 Å². The molecule has 0 aliphatic carbocycles. The first-order valence-corrected chi connectivity index (χ1v) is 6.40. The Bertz CT molecular complexity index is 641. The molecule has 3 nitrogen and oxygen atoms in total.